The van der Waals surface area contributed by atoms with Crippen molar-refractivity contribution in [1.29, 1.82) is 0 Å². The molecule has 0 aromatic heterocycles. The molecule has 0 aliphatic rings. The average Bonchev–Trinajstić information content (AvgIpc) is 1.38. The SMILES string of the molecule is [As]CC(I)I. The Kier molecular flexibility index (Phi) is 5.87. The second-order valence-electron chi connectivity index (χ2n) is 0.574. The van der Waals surface area contributed by atoms with Gasteiger partial charge in [0.2, 0.25) is 0 Å². The molecule has 0 saturated heterocycles. The van der Waals surface area contributed by atoms with Gasteiger partial charge in [0.25, 0.3) is 0 Å². The molecule has 0 amide bonds. The molecule has 0 fully saturated rings. The van der Waals surface area contributed by atoms with Crippen LogP contribution in [0.1, 0.15) is 0 Å². The molecule has 0 aromatic carbocycles. The van der Waals surface area contributed by atoms with Crippen LogP contribution in [0.4, 0.5) is 0 Å². The molecule has 5 heavy (non-hydrogen) atoms. The summed E-state index contributed by atoms with van der Waals surface area (Å²) in [7, 11) is 0. The first kappa shape index (κ1) is 7.02. The van der Waals surface area contributed by atoms with Crippen molar-refractivity contribution >= 4 is 62.0 Å². The maximum atomic E-state index is 2.56. The van der Waals surface area contributed by atoms with Crippen LogP contribution in [-0.2, 0) is 0 Å². The average molecular weight is 356 g/mol. The molecule has 0 atom stereocenters. The third kappa shape index (κ3) is 6.02. The van der Waals surface area contributed by atoms with Crippen LogP contribution < -0.4 is 0 Å². The van der Waals surface area contributed by atoms with E-state index in [2.05, 4.69) is 62.0 Å². The molecule has 0 unspecified atom stereocenters. The summed E-state index contributed by atoms with van der Waals surface area (Å²) in [6.07, 6.45) is 0. The van der Waals surface area contributed by atoms with Gasteiger partial charge in [-0.05, 0) is 0 Å². The number of halogens is 2. The Hall–Kier alpha value is 2.02. The van der Waals surface area contributed by atoms with E-state index in [-0.39, 0.29) is 0 Å². The molecule has 2 radical (unpaired) electrons. The number of rotatable bonds is 1. The van der Waals surface area contributed by atoms with Crippen LogP contribution in [0.25, 0.3) is 0 Å². The Labute approximate surface area is 68.2 Å². The summed E-state index contributed by atoms with van der Waals surface area (Å²) in [6, 6.07) is 0. The van der Waals surface area contributed by atoms with E-state index in [0.29, 0.717) is 0 Å². The molecule has 0 nitrogen and oxygen atoms in total. The van der Waals surface area contributed by atoms with Crippen LogP contribution in [-0.4, -0.2) is 18.8 Å². The predicted molar refractivity (Wildman–Crippen MR) is 42.4 cm³/mol. The fourth-order valence-corrected chi connectivity index (χ4v) is 0. The van der Waals surface area contributed by atoms with E-state index in [0.717, 1.165) is 1.93 Å². The zero-order valence-electron chi connectivity index (χ0n) is 2.49. The Bertz CT molecular complexity index is 21.6. The normalized spacial score (nSPS) is 9.60. The molecule has 0 N–H and O–H groups in total. The molecule has 30 valence electrons. The van der Waals surface area contributed by atoms with Gasteiger partial charge < -0.3 is 0 Å². The van der Waals surface area contributed by atoms with Crippen molar-refractivity contribution in [2.75, 3.05) is 0 Å². The number of hydrogen-bond acceptors (Lipinski definition) is 0. The Morgan fingerprint density at radius 2 is 1.80 bits per heavy atom. The quantitative estimate of drug-likeness (QED) is 0.382. The van der Waals surface area contributed by atoms with E-state index in [1.807, 2.05) is 0 Å². The first-order chi connectivity index (χ1) is 2.27. The van der Waals surface area contributed by atoms with Gasteiger partial charge in [0.05, 0.1) is 0 Å². The van der Waals surface area contributed by atoms with E-state index in [9.17, 15) is 0 Å². The fourth-order valence-electron chi connectivity index (χ4n) is 0. The first-order valence-electron chi connectivity index (χ1n) is 1.16. The maximum absolute atomic E-state index is 2.56. The van der Waals surface area contributed by atoms with Crippen molar-refractivity contribution in [2.45, 2.75) is 7.14 Å². The van der Waals surface area contributed by atoms with Crippen molar-refractivity contribution in [3.05, 3.63) is 0 Å². The summed E-state index contributed by atoms with van der Waals surface area (Å²) in [5.41, 5.74) is 0. The van der Waals surface area contributed by atoms with Gasteiger partial charge >= 0.3 is 69.2 Å². The molecule has 0 heterocycles. The molecule has 3 heteroatoms. The van der Waals surface area contributed by atoms with Crippen molar-refractivity contribution in [3.8, 4) is 0 Å². The van der Waals surface area contributed by atoms with Gasteiger partial charge in [0, 0.05) is 0 Å². The number of alkyl halides is 2. The van der Waals surface area contributed by atoms with Gasteiger partial charge in [-0.25, -0.2) is 0 Å². The van der Waals surface area contributed by atoms with E-state index in [4.69, 9.17) is 0 Å². The van der Waals surface area contributed by atoms with Crippen LogP contribution >= 0.6 is 45.2 Å². The van der Waals surface area contributed by atoms with Gasteiger partial charge in [-0.2, -0.15) is 0 Å². The van der Waals surface area contributed by atoms with Crippen LogP contribution in [0, 0.1) is 0 Å². The van der Waals surface area contributed by atoms with Gasteiger partial charge in [0.1, 0.15) is 0 Å². The second-order valence-corrected chi connectivity index (χ2v) is 6.73. The third-order valence-corrected chi connectivity index (χ3v) is 4.81. The van der Waals surface area contributed by atoms with Crippen molar-refractivity contribution in [1.82, 2.24) is 0 Å². The zero-order valence-corrected chi connectivity index (χ0v) is 8.68. The van der Waals surface area contributed by atoms with Gasteiger partial charge in [-0.15, -0.1) is 0 Å². The van der Waals surface area contributed by atoms with Gasteiger partial charge in [0.15, 0.2) is 0 Å². The van der Waals surface area contributed by atoms with Gasteiger partial charge in [-0.1, -0.05) is 0 Å². The van der Waals surface area contributed by atoms with Crippen molar-refractivity contribution in [3.63, 3.8) is 0 Å². The van der Waals surface area contributed by atoms with Crippen LogP contribution in [0.15, 0.2) is 0 Å². The van der Waals surface area contributed by atoms with E-state index >= 15 is 0 Å². The molecule has 0 saturated carbocycles. The molecule has 0 aliphatic carbocycles. The summed E-state index contributed by atoms with van der Waals surface area (Å²) >= 11 is 7.31. The summed E-state index contributed by atoms with van der Waals surface area (Å²) in [5.74, 6) is 0. The Morgan fingerprint density at radius 1 is 1.60 bits per heavy atom. The summed E-state index contributed by atoms with van der Waals surface area (Å²) < 4.78 is 0.796. The second kappa shape index (κ2) is 4.18. The van der Waals surface area contributed by atoms with Crippen LogP contribution in [0.5, 0.6) is 0 Å². The zero-order chi connectivity index (χ0) is 4.28. The topological polar surface area (TPSA) is 0 Å². The summed E-state index contributed by atoms with van der Waals surface area (Å²) in [5, 5.41) is 1.22. The minimum absolute atomic E-state index is 0.796. The Morgan fingerprint density at radius 3 is 1.80 bits per heavy atom. The van der Waals surface area contributed by atoms with Crippen molar-refractivity contribution in [2.24, 2.45) is 0 Å². The van der Waals surface area contributed by atoms with E-state index in [1.54, 1.807) is 0 Å². The van der Waals surface area contributed by atoms with Crippen LogP contribution in [0.3, 0.4) is 0 Å². The summed E-state index contributed by atoms with van der Waals surface area (Å²) in [4.78, 5) is 0. The summed E-state index contributed by atoms with van der Waals surface area (Å²) in [6.45, 7) is 0. The van der Waals surface area contributed by atoms with E-state index < -0.39 is 0 Å². The molecule has 0 aromatic rings. The molecular formula is C2H3AsI2. The fraction of sp³-hybridized carbons (Fsp3) is 1.00. The third-order valence-electron chi connectivity index (χ3n) is 0.138. The van der Waals surface area contributed by atoms with E-state index in [1.165, 1.54) is 5.21 Å². The monoisotopic (exact) mass is 356 g/mol. The first-order valence-corrected chi connectivity index (χ1v) is 4.98. The molecule has 0 aliphatic heterocycles. The molecular weight excluding hydrogens is 353 g/mol. The molecule has 0 rings (SSSR count). The Balaban J connectivity index is 2.54. The molecule has 0 bridgehead atoms. The predicted octanol–water partition coefficient (Wildman–Crippen LogP) is 1.77. The number of hydrogen-bond donors (Lipinski definition) is 0. The minimum atomic E-state index is 0.796. The van der Waals surface area contributed by atoms with Crippen LogP contribution in [0.2, 0.25) is 5.21 Å². The molecule has 0 spiro atoms. The standard InChI is InChI=1S/C2H3AsI2/c3-1-2(4)5/h2H,1H2. The van der Waals surface area contributed by atoms with Gasteiger partial charge in [-0.3, -0.25) is 0 Å². The van der Waals surface area contributed by atoms with Crippen molar-refractivity contribution < 1.29 is 0 Å².